The molecule has 13 nitrogen and oxygen atoms in total. The van der Waals surface area contributed by atoms with Crippen LogP contribution in [0.2, 0.25) is 0 Å². The quantitative estimate of drug-likeness (QED) is 0.128. The minimum atomic E-state index is -1.41. The highest BCUT2D eigenvalue weighted by molar-refractivity contribution is 5.77. The summed E-state index contributed by atoms with van der Waals surface area (Å²) in [5.74, 6) is -0.0301. The zero-order chi connectivity index (χ0) is 28.4. The Bertz CT molecular complexity index is 684. The summed E-state index contributed by atoms with van der Waals surface area (Å²) in [6.45, 7) is 5.55. The molecule has 10 atom stereocenters. The highest BCUT2D eigenvalue weighted by Gasteiger charge is 2.43. The van der Waals surface area contributed by atoms with E-state index in [0.29, 0.717) is 45.2 Å². The molecule has 2 saturated heterocycles. The topological polar surface area (TPSA) is 196 Å². The molecule has 0 aromatic carbocycles. The van der Waals surface area contributed by atoms with Gasteiger partial charge < -0.3 is 59.3 Å². The van der Waals surface area contributed by atoms with Crippen LogP contribution in [0, 0.1) is 0 Å². The second-order valence-corrected chi connectivity index (χ2v) is 10.1. The van der Waals surface area contributed by atoms with Gasteiger partial charge in [-0.1, -0.05) is 0 Å². The molecule has 2 aliphatic heterocycles. The highest BCUT2D eigenvalue weighted by Crippen LogP contribution is 2.23. The molecule has 2 rings (SSSR count). The Morgan fingerprint density at radius 3 is 1.50 bits per heavy atom. The van der Waals surface area contributed by atoms with Crippen LogP contribution in [0.1, 0.15) is 59.3 Å². The molecule has 0 spiro atoms. The van der Waals surface area contributed by atoms with Gasteiger partial charge in [-0.25, -0.2) is 0 Å². The molecule has 6 N–H and O–H groups in total. The number of amides is 1. The Balaban J connectivity index is 1.81. The zero-order valence-electron chi connectivity index (χ0n) is 22.4. The molecule has 2 heterocycles. The van der Waals surface area contributed by atoms with E-state index in [1.807, 2.05) is 0 Å². The molecule has 0 saturated carbocycles. The SMILES string of the molecule is CC(=O)CCCCC(=O)N(CCCO[C@@H]1O[C@@H](C)[C@@H](O)[C@@H](O)[C@@H]1O)CCCO[C@@H]1O[C@@H](C)[C@@H](O)[C@@H](O)[C@@H]1O. The third-order valence-electron chi connectivity index (χ3n) is 6.85. The van der Waals surface area contributed by atoms with Crippen molar-refractivity contribution in [3.8, 4) is 0 Å². The number of aliphatic hydroxyl groups excluding tert-OH is 6. The van der Waals surface area contributed by atoms with Crippen molar-refractivity contribution in [1.29, 1.82) is 0 Å². The number of ketones is 1. The van der Waals surface area contributed by atoms with Crippen LogP contribution in [0.3, 0.4) is 0 Å². The lowest BCUT2D eigenvalue weighted by molar-refractivity contribution is -0.293. The van der Waals surface area contributed by atoms with Gasteiger partial charge in [0.15, 0.2) is 12.6 Å². The number of carbonyl (C=O) groups is 2. The molecule has 38 heavy (non-hydrogen) atoms. The molecule has 13 heteroatoms. The number of rotatable bonds is 15. The van der Waals surface area contributed by atoms with E-state index < -0.39 is 61.4 Å². The third kappa shape index (κ3) is 9.73. The van der Waals surface area contributed by atoms with E-state index >= 15 is 0 Å². The molecule has 2 aliphatic rings. The number of ether oxygens (including phenoxy) is 4. The van der Waals surface area contributed by atoms with E-state index in [1.165, 1.54) is 6.92 Å². The third-order valence-corrected chi connectivity index (χ3v) is 6.85. The van der Waals surface area contributed by atoms with Crippen LogP contribution >= 0.6 is 0 Å². The molecule has 0 bridgehead atoms. The van der Waals surface area contributed by atoms with Crippen LogP contribution in [-0.4, -0.2) is 135 Å². The maximum atomic E-state index is 12.8. The van der Waals surface area contributed by atoms with Crippen molar-refractivity contribution in [3.05, 3.63) is 0 Å². The van der Waals surface area contributed by atoms with Crippen molar-refractivity contribution in [2.75, 3.05) is 26.3 Å². The first kappa shape index (κ1) is 32.9. The monoisotopic (exact) mass is 551 g/mol. The van der Waals surface area contributed by atoms with Crippen molar-refractivity contribution in [2.24, 2.45) is 0 Å². The fraction of sp³-hybridized carbons (Fsp3) is 0.920. The van der Waals surface area contributed by atoms with Crippen molar-refractivity contribution in [2.45, 2.75) is 121 Å². The average molecular weight is 552 g/mol. The Kier molecular flexibility index (Phi) is 14.0. The second kappa shape index (κ2) is 16.1. The summed E-state index contributed by atoms with van der Waals surface area (Å²) in [6.07, 6.45) is -8.99. The van der Waals surface area contributed by atoms with E-state index in [-0.39, 0.29) is 31.3 Å². The molecular formula is C25H45NO12. The van der Waals surface area contributed by atoms with E-state index in [4.69, 9.17) is 18.9 Å². The molecule has 222 valence electrons. The number of unbranched alkanes of at least 4 members (excludes halogenated alkanes) is 1. The molecule has 0 unspecified atom stereocenters. The van der Waals surface area contributed by atoms with Crippen molar-refractivity contribution in [3.63, 3.8) is 0 Å². The van der Waals surface area contributed by atoms with Gasteiger partial charge in [-0.05, 0) is 46.5 Å². The first-order valence-electron chi connectivity index (χ1n) is 13.3. The minimum Gasteiger partial charge on any atom is -0.388 e. The summed E-state index contributed by atoms with van der Waals surface area (Å²) >= 11 is 0. The van der Waals surface area contributed by atoms with Gasteiger partial charge in [0.2, 0.25) is 5.91 Å². The minimum absolute atomic E-state index is 0.0711. The molecular weight excluding hydrogens is 506 g/mol. The number of carbonyl (C=O) groups excluding carboxylic acids is 2. The Hall–Kier alpha value is -1.26. The van der Waals surface area contributed by atoms with Gasteiger partial charge in [0.25, 0.3) is 0 Å². The van der Waals surface area contributed by atoms with Crippen molar-refractivity contribution >= 4 is 11.7 Å². The largest absolute Gasteiger partial charge is 0.388 e. The summed E-state index contributed by atoms with van der Waals surface area (Å²) in [5, 5.41) is 59.6. The Morgan fingerprint density at radius 1 is 0.658 bits per heavy atom. The number of aliphatic hydroxyl groups is 6. The summed E-state index contributed by atoms with van der Waals surface area (Å²) < 4.78 is 21.9. The van der Waals surface area contributed by atoms with Crippen LogP contribution in [0.25, 0.3) is 0 Å². The summed E-state index contributed by atoms with van der Waals surface area (Å²) in [7, 11) is 0. The number of hydrogen-bond donors (Lipinski definition) is 6. The Morgan fingerprint density at radius 2 is 1.08 bits per heavy atom. The Labute approximate surface area is 223 Å². The van der Waals surface area contributed by atoms with Gasteiger partial charge in [0, 0.05) is 25.9 Å². The first-order valence-corrected chi connectivity index (χ1v) is 13.3. The number of hydrogen-bond acceptors (Lipinski definition) is 12. The van der Waals surface area contributed by atoms with Crippen LogP contribution in [0.4, 0.5) is 0 Å². The predicted octanol–water partition coefficient (Wildman–Crippen LogP) is -1.57. The van der Waals surface area contributed by atoms with E-state index in [9.17, 15) is 40.2 Å². The van der Waals surface area contributed by atoms with Crippen LogP contribution in [-0.2, 0) is 28.5 Å². The number of nitrogens with zero attached hydrogens (tertiary/aromatic N) is 1. The van der Waals surface area contributed by atoms with Gasteiger partial charge >= 0.3 is 0 Å². The van der Waals surface area contributed by atoms with Crippen LogP contribution in [0.5, 0.6) is 0 Å². The lowest BCUT2D eigenvalue weighted by Gasteiger charge is -2.39. The van der Waals surface area contributed by atoms with Crippen molar-refractivity contribution in [1.82, 2.24) is 4.90 Å². The van der Waals surface area contributed by atoms with E-state index in [2.05, 4.69) is 0 Å². The maximum absolute atomic E-state index is 12.8. The lowest BCUT2D eigenvalue weighted by Crippen LogP contribution is -2.57. The van der Waals surface area contributed by atoms with Crippen molar-refractivity contribution < 1.29 is 59.2 Å². The fourth-order valence-electron chi connectivity index (χ4n) is 4.38. The fourth-order valence-corrected chi connectivity index (χ4v) is 4.38. The van der Waals surface area contributed by atoms with Gasteiger partial charge in [-0.3, -0.25) is 4.79 Å². The number of Topliss-reactive ketones (excluding diaryl/α,β-unsaturated/α-hetero) is 1. The van der Waals surface area contributed by atoms with Gasteiger partial charge in [0.05, 0.1) is 25.4 Å². The van der Waals surface area contributed by atoms with E-state index in [0.717, 1.165) is 0 Å². The molecule has 0 aromatic rings. The van der Waals surface area contributed by atoms with Crippen LogP contribution in [0.15, 0.2) is 0 Å². The van der Waals surface area contributed by atoms with E-state index in [1.54, 1.807) is 18.7 Å². The molecule has 0 aliphatic carbocycles. The average Bonchev–Trinajstić information content (AvgIpc) is 2.88. The summed E-state index contributed by atoms with van der Waals surface area (Å²) in [4.78, 5) is 25.6. The second-order valence-electron chi connectivity index (χ2n) is 10.1. The highest BCUT2D eigenvalue weighted by atomic mass is 16.7. The van der Waals surface area contributed by atoms with Gasteiger partial charge in [-0.15, -0.1) is 0 Å². The molecule has 1 amide bonds. The summed E-state index contributed by atoms with van der Waals surface area (Å²) in [5.41, 5.74) is 0. The predicted molar refractivity (Wildman–Crippen MR) is 132 cm³/mol. The lowest BCUT2D eigenvalue weighted by atomic mass is 10.0. The summed E-state index contributed by atoms with van der Waals surface area (Å²) in [6, 6.07) is 0. The molecule has 0 aromatic heterocycles. The maximum Gasteiger partial charge on any atom is 0.222 e. The smallest absolute Gasteiger partial charge is 0.222 e. The zero-order valence-corrected chi connectivity index (χ0v) is 22.4. The van der Waals surface area contributed by atoms with Crippen LogP contribution < -0.4 is 0 Å². The van der Waals surface area contributed by atoms with Gasteiger partial charge in [-0.2, -0.15) is 0 Å². The molecule has 2 fully saturated rings. The standard InChI is InChI=1S/C25H45NO12/c1-14(27)8-4-5-9-17(28)26(10-6-12-35-24-22(33)20(31)18(29)15(2)37-24)11-7-13-36-25-23(34)21(32)19(30)16(3)38-25/h15-16,18-25,29-34H,4-13H2,1-3H3/t15-,16-,18+,19+,20+,21+,22-,23-,24+,25+/m0/s1. The normalized spacial score (nSPS) is 35.7. The first-order chi connectivity index (χ1) is 17.9. The van der Waals surface area contributed by atoms with Gasteiger partial charge in [0.1, 0.15) is 42.4 Å². The molecule has 0 radical (unpaired) electrons.